The standard InChI is InChI=1S/C19H22ClNO3/c1-4-17(24-18-8-6-5-7-16(18)20)19(22)21-13(2)14-9-11-15(23-3)12-10-14/h5-13,17H,4H2,1-3H3,(H,21,22)/t13-,17-/m0/s1. The molecule has 24 heavy (non-hydrogen) atoms. The summed E-state index contributed by atoms with van der Waals surface area (Å²) in [6, 6.07) is 14.6. The van der Waals surface area contributed by atoms with Crippen molar-refractivity contribution in [2.75, 3.05) is 7.11 Å². The maximum atomic E-state index is 12.5. The first-order valence-electron chi connectivity index (χ1n) is 7.90. The highest BCUT2D eigenvalue weighted by molar-refractivity contribution is 6.32. The van der Waals surface area contributed by atoms with Crippen molar-refractivity contribution in [1.29, 1.82) is 0 Å². The van der Waals surface area contributed by atoms with Crippen molar-refractivity contribution in [3.8, 4) is 11.5 Å². The quantitative estimate of drug-likeness (QED) is 0.808. The Morgan fingerprint density at radius 3 is 2.42 bits per heavy atom. The van der Waals surface area contributed by atoms with Crippen LogP contribution in [0.4, 0.5) is 0 Å². The van der Waals surface area contributed by atoms with E-state index in [1.54, 1.807) is 19.2 Å². The number of halogens is 1. The summed E-state index contributed by atoms with van der Waals surface area (Å²) in [7, 11) is 1.62. The summed E-state index contributed by atoms with van der Waals surface area (Å²) in [5, 5.41) is 3.47. The number of ether oxygens (including phenoxy) is 2. The fraction of sp³-hybridized carbons (Fsp3) is 0.316. The van der Waals surface area contributed by atoms with Gasteiger partial charge in [-0.1, -0.05) is 42.8 Å². The van der Waals surface area contributed by atoms with E-state index >= 15 is 0 Å². The first-order chi connectivity index (χ1) is 11.5. The molecule has 1 N–H and O–H groups in total. The minimum Gasteiger partial charge on any atom is -0.497 e. The Kier molecular flexibility index (Phi) is 6.50. The van der Waals surface area contributed by atoms with Crippen molar-refractivity contribution in [1.82, 2.24) is 5.32 Å². The van der Waals surface area contributed by atoms with Gasteiger partial charge in [0, 0.05) is 0 Å². The molecule has 0 fully saturated rings. The van der Waals surface area contributed by atoms with Crippen molar-refractivity contribution >= 4 is 17.5 Å². The van der Waals surface area contributed by atoms with Crippen molar-refractivity contribution in [2.45, 2.75) is 32.4 Å². The molecular formula is C19H22ClNO3. The lowest BCUT2D eigenvalue weighted by molar-refractivity contribution is -0.128. The zero-order chi connectivity index (χ0) is 17.5. The predicted molar refractivity (Wildman–Crippen MR) is 95.7 cm³/mol. The number of nitrogens with one attached hydrogen (secondary N) is 1. The van der Waals surface area contributed by atoms with Gasteiger partial charge in [-0.15, -0.1) is 0 Å². The van der Waals surface area contributed by atoms with Gasteiger partial charge in [-0.05, 0) is 43.2 Å². The zero-order valence-corrected chi connectivity index (χ0v) is 14.8. The zero-order valence-electron chi connectivity index (χ0n) is 14.1. The Morgan fingerprint density at radius 1 is 1.17 bits per heavy atom. The van der Waals surface area contributed by atoms with E-state index < -0.39 is 6.10 Å². The van der Waals surface area contributed by atoms with Crippen LogP contribution in [0.25, 0.3) is 0 Å². The molecule has 0 aliphatic carbocycles. The molecule has 0 heterocycles. The molecule has 0 unspecified atom stereocenters. The molecule has 2 aromatic rings. The molecule has 2 rings (SSSR count). The number of rotatable bonds is 7. The van der Waals surface area contributed by atoms with Crippen LogP contribution >= 0.6 is 11.6 Å². The van der Waals surface area contributed by atoms with E-state index in [0.29, 0.717) is 17.2 Å². The molecule has 128 valence electrons. The monoisotopic (exact) mass is 347 g/mol. The van der Waals surface area contributed by atoms with Crippen LogP contribution in [-0.2, 0) is 4.79 Å². The minimum atomic E-state index is -0.592. The molecule has 1 amide bonds. The van der Waals surface area contributed by atoms with Gasteiger partial charge in [-0.3, -0.25) is 4.79 Å². The number of methoxy groups -OCH3 is 1. The summed E-state index contributed by atoms with van der Waals surface area (Å²) in [4.78, 5) is 12.5. The van der Waals surface area contributed by atoms with Crippen LogP contribution in [0.15, 0.2) is 48.5 Å². The van der Waals surface area contributed by atoms with Crippen LogP contribution in [0.5, 0.6) is 11.5 Å². The number of benzene rings is 2. The van der Waals surface area contributed by atoms with Gasteiger partial charge in [0.2, 0.25) is 0 Å². The van der Waals surface area contributed by atoms with Crippen LogP contribution in [0, 0.1) is 0 Å². The van der Waals surface area contributed by atoms with Crippen LogP contribution in [0.3, 0.4) is 0 Å². The SMILES string of the molecule is CC[C@H](Oc1ccccc1Cl)C(=O)N[C@@H](C)c1ccc(OC)cc1. The summed E-state index contributed by atoms with van der Waals surface area (Å²) < 4.78 is 10.9. The predicted octanol–water partition coefficient (Wildman–Crippen LogP) is 4.38. The van der Waals surface area contributed by atoms with Crippen LogP contribution in [0.1, 0.15) is 31.9 Å². The fourth-order valence-corrected chi connectivity index (χ4v) is 2.48. The van der Waals surface area contributed by atoms with E-state index in [4.69, 9.17) is 21.1 Å². The molecular weight excluding hydrogens is 326 g/mol. The highest BCUT2D eigenvalue weighted by atomic mass is 35.5. The molecule has 4 nitrogen and oxygen atoms in total. The average Bonchev–Trinajstić information content (AvgIpc) is 2.61. The van der Waals surface area contributed by atoms with E-state index in [1.165, 1.54) is 0 Å². The highest BCUT2D eigenvalue weighted by Gasteiger charge is 2.21. The first-order valence-corrected chi connectivity index (χ1v) is 8.28. The molecule has 2 atom stereocenters. The molecule has 0 aliphatic heterocycles. The van der Waals surface area contributed by atoms with Gasteiger partial charge >= 0.3 is 0 Å². The number of para-hydroxylation sites is 1. The number of hydrogen-bond donors (Lipinski definition) is 1. The molecule has 0 saturated carbocycles. The van der Waals surface area contributed by atoms with Crippen LogP contribution in [0.2, 0.25) is 5.02 Å². The van der Waals surface area contributed by atoms with Crippen LogP contribution < -0.4 is 14.8 Å². The normalized spacial score (nSPS) is 13.0. The van der Waals surface area contributed by atoms with Gasteiger partial charge in [-0.25, -0.2) is 0 Å². The highest BCUT2D eigenvalue weighted by Crippen LogP contribution is 2.25. The average molecular weight is 348 g/mol. The van der Waals surface area contributed by atoms with Gasteiger partial charge < -0.3 is 14.8 Å². The van der Waals surface area contributed by atoms with Gasteiger partial charge in [0.25, 0.3) is 5.91 Å². The summed E-state index contributed by atoms with van der Waals surface area (Å²) in [5.41, 5.74) is 0.997. The molecule has 0 bridgehead atoms. The summed E-state index contributed by atoms with van der Waals surface area (Å²) in [5.74, 6) is 1.13. The lowest BCUT2D eigenvalue weighted by Crippen LogP contribution is -2.39. The molecule has 2 aromatic carbocycles. The maximum Gasteiger partial charge on any atom is 0.261 e. The molecule has 0 aliphatic rings. The maximum absolute atomic E-state index is 12.5. The Hall–Kier alpha value is -2.20. The van der Waals surface area contributed by atoms with Crippen molar-refractivity contribution in [3.63, 3.8) is 0 Å². The summed E-state index contributed by atoms with van der Waals surface area (Å²) in [6.45, 7) is 3.83. The number of carbonyl (C=O) groups excluding carboxylic acids is 1. The van der Waals surface area contributed by atoms with Crippen molar-refractivity contribution < 1.29 is 14.3 Å². The molecule has 0 spiro atoms. The van der Waals surface area contributed by atoms with Crippen LogP contribution in [-0.4, -0.2) is 19.1 Å². The lowest BCUT2D eigenvalue weighted by atomic mass is 10.1. The van der Waals surface area contributed by atoms with Gasteiger partial charge in [0.15, 0.2) is 6.10 Å². The van der Waals surface area contributed by atoms with E-state index in [2.05, 4.69) is 5.32 Å². The van der Waals surface area contributed by atoms with E-state index in [1.807, 2.05) is 50.2 Å². The number of amides is 1. The Labute approximate surface area is 147 Å². The minimum absolute atomic E-state index is 0.132. The molecule has 0 aromatic heterocycles. The van der Waals surface area contributed by atoms with E-state index in [-0.39, 0.29) is 11.9 Å². The van der Waals surface area contributed by atoms with Crippen molar-refractivity contribution in [2.24, 2.45) is 0 Å². The molecule has 0 radical (unpaired) electrons. The topological polar surface area (TPSA) is 47.6 Å². The lowest BCUT2D eigenvalue weighted by Gasteiger charge is -2.21. The van der Waals surface area contributed by atoms with E-state index in [9.17, 15) is 4.79 Å². The third-order valence-corrected chi connectivity index (χ3v) is 4.06. The summed E-state index contributed by atoms with van der Waals surface area (Å²) in [6.07, 6.45) is -0.0440. The summed E-state index contributed by atoms with van der Waals surface area (Å²) >= 11 is 6.09. The largest absolute Gasteiger partial charge is 0.497 e. The second-order valence-corrected chi connectivity index (χ2v) is 5.86. The Morgan fingerprint density at radius 2 is 1.83 bits per heavy atom. The third-order valence-electron chi connectivity index (χ3n) is 3.74. The fourth-order valence-electron chi connectivity index (χ4n) is 2.30. The molecule has 5 heteroatoms. The molecule has 0 saturated heterocycles. The first kappa shape index (κ1) is 18.1. The smallest absolute Gasteiger partial charge is 0.261 e. The van der Waals surface area contributed by atoms with Crippen molar-refractivity contribution in [3.05, 3.63) is 59.1 Å². The number of hydrogen-bond acceptors (Lipinski definition) is 3. The number of carbonyl (C=O) groups is 1. The Balaban J connectivity index is 2.01. The second kappa shape index (κ2) is 8.60. The van der Waals surface area contributed by atoms with E-state index in [0.717, 1.165) is 11.3 Å². The van der Waals surface area contributed by atoms with Gasteiger partial charge in [0.1, 0.15) is 11.5 Å². The third kappa shape index (κ3) is 4.65. The Bertz CT molecular complexity index is 673. The van der Waals surface area contributed by atoms with Gasteiger partial charge in [-0.2, -0.15) is 0 Å². The van der Waals surface area contributed by atoms with Gasteiger partial charge in [0.05, 0.1) is 18.2 Å². The second-order valence-electron chi connectivity index (χ2n) is 5.45.